The summed E-state index contributed by atoms with van der Waals surface area (Å²) in [6, 6.07) is 0.299. The van der Waals surface area contributed by atoms with Gasteiger partial charge in [0.05, 0.1) is 5.41 Å². The Morgan fingerprint density at radius 2 is 1.95 bits per heavy atom. The van der Waals surface area contributed by atoms with Gasteiger partial charge in [0.25, 0.3) is 0 Å². The molecule has 0 aromatic rings. The molecule has 3 heteroatoms. The van der Waals surface area contributed by atoms with Crippen molar-refractivity contribution < 1.29 is 4.79 Å². The van der Waals surface area contributed by atoms with Crippen molar-refractivity contribution >= 4 is 21.8 Å². The molecular formula is C16H26BrNO. The minimum absolute atomic E-state index is 0.0194. The molecule has 4 saturated carbocycles. The maximum atomic E-state index is 12.8. The molecule has 0 aromatic heterocycles. The summed E-state index contributed by atoms with van der Waals surface area (Å²) < 4.78 is 0. The van der Waals surface area contributed by atoms with E-state index in [1.807, 2.05) is 0 Å². The van der Waals surface area contributed by atoms with Crippen LogP contribution in [0.2, 0.25) is 0 Å². The van der Waals surface area contributed by atoms with Crippen molar-refractivity contribution in [3.05, 3.63) is 0 Å². The van der Waals surface area contributed by atoms with E-state index >= 15 is 0 Å². The van der Waals surface area contributed by atoms with Crippen LogP contribution in [-0.2, 0) is 4.79 Å². The molecule has 19 heavy (non-hydrogen) atoms. The zero-order chi connectivity index (χ0) is 13.7. The maximum Gasteiger partial charge on any atom is 0.226 e. The Morgan fingerprint density at radius 1 is 1.32 bits per heavy atom. The molecule has 0 aliphatic heterocycles. The number of nitrogens with one attached hydrogen (secondary N) is 1. The quantitative estimate of drug-likeness (QED) is 0.780. The number of hydrogen-bond acceptors (Lipinski definition) is 1. The van der Waals surface area contributed by atoms with Gasteiger partial charge in [-0.2, -0.15) is 0 Å². The van der Waals surface area contributed by atoms with Crippen molar-refractivity contribution in [3.8, 4) is 0 Å². The molecule has 4 rings (SSSR count). The second-order valence-electron chi connectivity index (χ2n) is 7.78. The predicted molar refractivity (Wildman–Crippen MR) is 81.2 cm³/mol. The van der Waals surface area contributed by atoms with E-state index < -0.39 is 0 Å². The summed E-state index contributed by atoms with van der Waals surface area (Å²) in [5, 5.41) is 4.18. The lowest BCUT2D eigenvalue weighted by Crippen LogP contribution is -2.58. The number of carbonyl (C=O) groups is 1. The van der Waals surface area contributed by atoms with E-state index in [0.29, 0.717) is 17.4 Å². The molecular weight excluding hydrogens is 302 g/mol. The first-order valence-electron chi connectivity index (χ1n) is 7.85. The Hall–Kier alpha value is -0.0500. The lowest BCUT2D eigenvalue weighted by Gasteiger charge is -2.60. The van der Waals surface area contributed by atoms with Crippen LogP contribution in [-0.4, -0.2) is 17.3 Å². The van der Waals surface area contributed by atoms with E-state index in [0.717, 1.165) is 42.8 Å². The molecule has 0 aromatic carbocycles. The van der Waals surface area contributed by atoms with Gasteiger partial charge in [0.15, 0.2) is 0 Å². The van der Waals surface area contributed by atoms with E-state index in [1.54, 1.807) is 0 Å². The molecule has 0 spiro atoms. The normalized spacial score (nSPS) is 45.2. The smallest absolute Gasteiger partial charge is 0.226 e. The largest absolute Gasteiger partial charge is 0.352 e. The molecule has 108 valence electrons. The van der Waals surface area contributed by atoms with E-state index in [-0.39, 0.29) is 5.41 Å². The van der Waals surface area contributed by atoms with Crippen LogP contribution in [0, 0.1) is 22.7 Å². The molecule has 1 amide bonds. The van der Waals surface area contributed by atoms with Crippen molar-refractivity contribution in [1.29, 1.82) is 0 Å². The molecule has 2 nitrogen and oxygen atoms in total. The van der Waals surface area contributed by atoms with Gasteiger partial charge in [-0.25, -0.2) is 0 Å². The molecule has 4 aliphatic rings. The Labute approximate surface area is 125 Å². The fourth-order valence-corrected chi connectivity index (χ4v) is 6.19. The van der Waals surface area contributed by atoms with Crippen molar-refractivity contribution in [3.63, 3.8) is 0 Å². The van der Waals surface area contributed by atoms with Crippen LogP contribution >= 0.6 is 15.9 Å². The van der Waals surface area contributed by atoms with E-state index in [1.165, 1.54) is 19.3 Å². The summed E-state index contributed by atoms with van der Waals surface area (Å²) in [7, 11) is 0. The second-order valence-corrected chi connectivity index (χ2v) is 8.43. The average molecular weight is 328 g/mol. The summed E-state index contributed by atoms with van der Waals surface area (Å²) in [5.41, 5.74) is 0.436. The van der Waals surface area contributed by atoms with Crippen molar-refractivity contribution in [2.75, 3.05) is 5.33 Å². The predicted octanol–water partition coefficient (Wildman–Crippen LogP) is 3.88. The molecule has 3 atom stereocenters. The molecule has 0 heterocycles. The van der Waals surface area contributed by atoms with Gasteiger partial charge in [-0.1, -0.05) is 29.8 Å². The monoisotopic (exact) mass is 327 g/mol. The second kappa shape index (κ2) is 4.75. The lowest BCUT2D eigenvalue weighted by molar-refractivity contribution is -0.155. The van der Waals surface area contributed by atoms with E-state index in [4.69, 9.17) is 0 Å². The summed E-state index contributed by atoms with van der Waals surface area (Å²) in [4.78, 5) is 12.8. The van der Waals surface area contributed by atoms with E-state index in [9.17, 15) is 4.79 Å². The van der Waals surface area contributed by atoms with Crippen LogP contribution in [0.4, 0.5) is 0 Å². The first kappa shape index (κ1) is 13.9. The molecule has 3 unspecified atom stereocenters. The van der Waals surface area contributed by atoms with Gasteiger partial charge in [-0.15, -0.1) is 0 Å². The van der Waals surface area contributed by atoms with Gasteiger partial charge < -0.3 is 5.32 Å². The van der Waals surface area contributed by atoms with Crippen molar-refractivity contribution in [2.24, 2.45) is 22.7 Å². The summed E-state index contributed by atoms with van der Waals surface area (Å²) in [6.07, 6.45) is 8.59. The van der Waals surface area contributed by atoms with Crippen LogP contribution in [0.5, 0.6) is 0 Å². The zero-order valence-corrected chi connectivity index (χ0v) is 13.8. The van der Waals surface area contributed by atoms with Gasteiger partial charge in [0.1, 0.15) is 0 Å². The average Bonchev–Trinajstić information content (AvgIpc) is 2.32. The molecule has 4 fully saturated rings. The number of alkyl halides is 1. The third kappa shape index (κ3) is 2.36. The Balaban J connectivity index is 1.78. The van der Waals surface area contributed by atoms with Crippen molar-refractivity contribution in [1.82, 2.24) is 5.32 Å². The minimum Gasteiger partial charge on any atom is -0.352 e. The van der Waals surface area contributed by atoms with Crippen LogP contribution in [0.15, 0.2) is 0 Å². The fraction of sp³-hybridized carbons (Fsp3) is 0.938. The Bertz CT molecular complexity index is 363. The number of hydrogen-bond donors (Lipinski definition) is 1. The fourth-order valence-electron chi connectivity index (χ4n) is 5.57. The highest BCUT2D eigenvalue weighted by molar-refractivity contribution is 9.09. The zero-order valence-electron chi connectivity index (χ0n) is 12.2. The first-order chi connectivity index (χ1) is 8.98. The van der Waals surface area contributed by atoms with Crippen LogP contribution < -0.4 is 5.32 Å². The molecule has 4 bridgehead atoms. The van der Waals surface area contributed by atoms with Gasteiger partial charge >= 0.3 is 0 Å². The van der Waals surface area contributed by atoms with Gasteiger partial charge in [0, 0.05) is 11.4 Å². The van der Waals surface area contributed by atoms with Gasteiger partial charge in [-0.3, -0.25) is 4.79 Å². The highest BCUT2D eigenvalue weighted by atomic mass is 79.9. The minimum atomic E-state index is -0.0194. The Kier molecular flexibility index (Phi) is 3.48. The molecule has 1 N–H and O–H groups in total. The summed E-state index contributed by atoms with van der Waals surface area (Å²) in [5.74, 6) is 2.00. The Morgan fingerprint density at radius 3 is 2.42 bits per heavy atom. The number of halogens is 1. The standard InChI is InChI=1S/C16H26BrNO/c1-3-13(9-17)18-14(19)16-7-11-4-12(8-16)6-15(2,5-11)10-16/h11-13H,3-10H2,1-2H3,(H,18,19). The number of carbonyl (C=O) groups excluding carboxylic acids is 1. The molecule has 4 aliphatic carbocycles. The number of rotatable bonds is 4. The number of amides is 1. The van der Waals surface area contributed by atoms with Gasteiger partial charge in [-0.05, 0) is 62.2 Å². The summed E-state index contributed by atoms with van der Waals surface area (Å²) in [6.45, 7) is 4.57. The topological polar surface area (TPSA) is 29.1 Å². The third-order valence-corrected chi connectivity index (χ3v) is 6.63. The highest BCUT2D eigenvalue weighted by Crippen LogP contribution is 2.65. The van der Waals surface area contributed by atoms with Crippen molar-refractivity contribution in [2.45, 2.75) is 64.8 Å². The van der Waals surface area contributed by atoms with Crippen LogP contribution in [0.25, 0.3) is 0 Å². The van der Waals surface area contributed by atoms with E-state index in [2.05, 4.69) is 35.1 Å². The SMILES string of the molecule is CCC(CBr)NC(=O)C12CC3CC(CC(C)(C3)C1)C2. The lowest BCUT2D eigenvalue weighted by atomic mass is 9.44. The van der Waals surface area contributed by atoms with Crippen LogP contribution in [0.1, 0.15) is 58.8 Å². The third-order valence-electron chi connectivity index (χ3n) is 5.85. The maximum absolute atomic E-state index is 12.8. The molecule has 0 radical (unpaired) electrons. The first-order valence-corrected chi connectivity index (χ1v) is 8.98. The van der Waals surface area contributed by atoms with Gasteiger partial charge in [0.2, 0.25) is 5.91 Å². The summed E-state index contributed by atoms with van der Waals surface area (Å²) >= 11 is 3.51. The van der Waals surface area contributed by atoms with Crippen LogP contribution in [0.3, 0.4) is 0 Å². The highest BCUT2D eigenvalue weighted by Gasteiger charge is 2.58. The molecule has 0 saturated heterocycles.